The summed E-state index contributed by atoms with van der Waals surface area (Å²) >= 11 is 6.09. The Kier molecular flexibility index (Phi) is 9.46. The smallest absolute Gasteiger partial charge is 0.497 e. The highest BCUT2D eigenvalue weighted by Gasteiger charge is 2.34. The molecule has 1 aliphatic rings. The molecule has 1 atom stereocenters. The number of fused-ring (bicyclic) bond motifs is 1. The molecule has 0 saturated heterocycles. The Hall–Kier alpha value is -4.45. The first-order chi connectivity index (χ1) is 19.9. The molecule has 3 aromatic carbocycles. The van der Waals surface area contributed by atoms with Crippen molar-refractivity contribution in [2.24, 2.45) is 5.16 Å². The van der Waals surface area contributed by atoms with E-state index >= 15 is 0 Å². The predicted molar refractivity (Wildman–Crippen MR) is 150 cm³/mol. The van der Waals surface area contributed by atoms with E-state index in [0.29, 0.717) is 51.0 Å². The van der Waals surface area contributed by atoms with Crippen LogP contribution < -0.4 is 19.7 Å². The number of carbonyl (C=O) groups excluding carboxylic acids is 1. The van der Waals surface area contributed by atoms with Gasteiger partial charge < -0.3 is 29.6 Å². The number of rotatable bonds is 11. The maximum absolute atomic E-state index is 14.0. The number of nitrogens with one attached hydrogen (secondary N) is 1. The first-order valence-electron chi connectivity index (χ1n) is 12.7. The number of halogens is 4. The van der Waals surface area contributed by atoms with Crippen LogP contribution in [0.3, 0.4) is 0 Å². The van der Waals surface area contributed by atoms with E-state index in [1.165, 1.54) is 30.2 Å². The molecule has 13 heteroatoms. The molecule has 42 heavy (non-hydrogen) atoms. The van der Waals surface area contributed by atoms with E-state index in [0.717, 1.165) is 0 Å². The van der Waals surface area contributed by atoms with Gasteiger partial charge in [0, 0.05) is 35.0 Å². The number of methoxy groups -OCH3 is 1. The number of hydrogen-bond donors (Lipinski definition) is 2. The zero-order valence-corrected chi connectivity index (χ0v) is 23.3. The summed E-state index contributed by atoms with van der Waals surface area (Å²) in [5.41, 5.74) is 3.09. The molecule has 0 fully saturated rings. The van der Waals surface area contributed by atoms with Gasteiger partial charge in [0.2, 0.25) is 0 Å². The number of carboxylic acids is 1. The molecule has 0 saturated carbocycles. The third-order valence-electron chi connectivity index (χ3n) is 6.38. The topological polar surface area (TPSA) is 110 Å². The molecule has 1 heterocycles. The summed E-state index contributed by atoms with van der Waals surface area (Å²) in [6.45, 7) is 1.82. The highest BCUT2D eigenvalue weighted by molar-refractivity contribution is 6.30. The Morgan fingerprint density at radius 3 is 2.50 bits per heavy atom. The zero-order chi connectivity index (χ0) is 30.4. The van der Waals surface area contributed by atoms with Crippen LogP contribution in [-0.4, -0.2) is 49.3 Å². The monoisotopic (exact) mass is 605 g/mol. The van der Waals surface area contributed by atoms with E-state index < -0.39 is 30.0 Å². The van der Waals surface area contributed by atoms with Crippen molar-refractivity contribution in [3.8, 4) is 11.5 Å². The summed E-state index contributed by atoms with van der Waals surface area (Å²) in [4.78, 5) is 31.3. The van der Waals surface area contributed by atoms with E-state index in [9.17, 15) is 22.8 Å². The molecule has 9 nitrogen and oxygen atoms in total. The lowest BCUT2D eigenvalue weighted by Gasteiger charge is -2.27. The van der Waals surface area contributed by atoms with E-state index in [2.05, 4.69) is 15.2 Å². The van der Waals surface area contributed by atoms with Gasteiger partial charge in [-0.1, -0.05) is 35.0 Å². The van der Waals surface area contributed by atoms with Crippen LogP contribution in [-0.2, 0) is 20.8 Å². The molecule has 0 aliphatic carbocycles. The number of alkyl halides is 3. The summed E-state index contributed by atoms with van der Waals surface area (Å²) in [5, 5.41) is 16.5. The summed E-state index contributed by atoms with van der Waals surface area (Å²) in [5.74, 6) is -1.40. The van der Waals surface area contributed by atoms with Gasteiger partial charge in [0.15, 0.2) is 0 Å². The van der Waals surface area contributed by atoms with Crippen molar-refractivity contribution < 1.29 is 42.2 Å². The molecule has 0 bridgehead atoms. The van der Waals surface area contributed by atoms with Gasteiger partial charge in [0.05, 0.1) is 24.9 Å². The normalized spacial score (nSPS) is 13.8. The summed E-state index contributed by atoms with van der Waals surface area (Å²) in [6, 6.07) is 14.7. The molecule has 0 radical (unpaired) electrons. The number of ether oxygens (including phenoxy) is 2. The number of nitrogens with zero attached hydrogens (tertiary/aromatic N) is 2. The number of hydrogen-bond acceptors (Lipinski definition) is 7. The lowest BCUT2D eigenvalue weighted by molar-refractivity contribution is -0.274. The summed E-state index contributed by atoms with van der Waals surface area (Å²) in [6.07, 6.45) is -4.63. The first kappa shape index (κ1) is 30.5. The van der Waals surface area contributed by atoms with Crippen LogP contribution >= 0.6 is 11.6 Å². The number of carbonyl (C=O) groups is 2. The SMILES string of the molecule is COc1cc(NC(C(=O)N2CCc3ccc(OC(F)(F)F)cc32)c2ccc(Cl)cc2)cc(/C(C)=N/OCCC(=O)O)c1. The van der Waals surface area contributed by atoms with Gasteiger partial charge >= 0.3 is 12.3 Å². The second-order valence-electron chi connectivity index (χ2n) is 9.31. The van der Waals surface area contributed by atoms with Crippen molar-refractivity contribution in [3.05, 3.63) is 82.4 Å². The van der Waals surface area contributed by atoms with Crippen LogP contribution in [0.25, 0.3) is 0 Å². The Balaban J connectivity index is 1.66. The lowest BCUT2D eigenvalue weighted by atomic mass is 10.0. The Labute approximate surface area is 244 Å². The number of oxime groups is 1. The third kappa shape index (κ3) is 7.84. The van der Waals surface area contributed by atoms with E-state index in [1.807, 2.05) is 0 Å². The average molecular weight is 606 g/mol. The molecule has 1 amide bonds. The molecule has 2 N–H and O–H groups in total. The standard InChI is InChI=1S/C29H27ClF3N3O6/c1-17(35-41-12-10-26(37)38)20-13-22(15-24(14-20)40-2)34-27(19-3-6-21(30)7-4-19)28(39)36-11-9-18-5-8-23(16-25(18)36)42-29(31,32)33/h3-8,13-16,27,34H,9-12H2,1-2H3,(H,37,38)/b35-17+. The highest BCUT2D eigenvalue weighted by Crippen LogP contribution is 2.36. The van der Waals surface area contributed by atoms with Crippen molar-refractivity contribution in [1.29, 1.82) is 0 Å². The second kappa shape index (κ2) is 13.0. The Morgan fingerprint density at radius 1 is 1.10 bits per heavy atom. The van der Waals surface area contributed by atoms with E-state index in [4.69, 9.17) is 26.3 Å². The molecule has 0 aromatic heterocycles. The Morgan fingerprint density at radius 2 is 1.83 bits per heavy atom. The molecule has 1 aliphatic heterocycles. The Bertz CT molecular complexity index is 1480. The minimum Gasteiger partial charge on any atom is -0.497 e. The third-order valence-corrected chi connectivity index (χ3v) is 6.63. The molecule has 3 aromatic rings. The van der Waals surface area contributed by atoms with Crippen LogP contribution in [0.2, 0.25) is 5.02 Å². The largest absolute Gasteiger partial charge is 0.573 e. The van der Waals surface area contributed by atoms with Gasteiger partial charge in [-0.05, 0) is 54.8 Å². The van der Waals surface area contributed by atoms with E-state index in [1.54, 1.807) is 49.4 Å². The minimum atomic E-state index is -4.87. The predicted octanol–water partition coefficient (Wildman–Crippen LogP) is 6.21. The number of anilines is 2. The fourth-order valence-electron chi connectivity index (χ4n) is 4.39. The van der Waals surface area contributed by atoms with Gasteiger partial charge in [-0.25, -0.2) is 0 Å². The molecule has 1 unspecified atom stereocenters. The molecule has 222 valence electrons. The molecular formula is C29H27ClF3N3O6. The van der Waals surface area contributed by atoms with Gasteiger partial charge in [0.25, 0.3) is 5.91 Å². The molecule has 0 spiro atoms. The minimum absolute atomic E-state index is 0.109. The maximum atomic E-state index is 14.0. The van der Waals surface area contributed by atoms with Crippen molar-refractivity contribution in [3.63, 3.8) is 0 Å². The van der Waals surface area contributed by atoms with Crippen molar-refractivity contribution >= 4 is 40.6 Å². The van der Waals surface area contributed by atoms with Crippen LogP contribution in [0, 0.1) is 0 Å². The van der Waals surface area contributed by atoms with Crippen molar-refractivity contribution in [2.45, 2.75) is 32.2 Å². The van der Waals surface area contributed by atoms with Crippen LogP contribution in [0.4, 0.5) is 24.5 Å². The zero-order valence-electron chi connectivity index (χ0n) is 22.6. The summed E-state index contributed by atoms with van der Waals surface area (Å²) in [7, 11) is 1.47. The number of benzene rings is 3. The highest BCUT2D eigenvalue weighted by atomic mass is 35.5. The lowest BCUT2D eigenvalue weighted by Crippen LogP contribution is -2.37. The fraction of sp³-hybridized carbons (Fsp3) is 0.276. The van der Waals surface area contributed by atoms with Gasteiger partial charge in [-0.15, -0.1) is 13.2 Å². The maximum Gasteiger partial charge on any atom is 0.573 e. The molecule has 4 rings (SSSR count). The number of amides is 1. The number of aliphatic carboxylic acids is 1. The quantitative estimate of drug-likeness (QED) is 0.152. The van der Waals surface area contributed by atoms with Gasteiger partial charge in [-0.3, -0.25) is 9.59 Å². The van der Waals surface area contributed by atoms with Crippen LogP contribution in [0.5, 0.6) is 11.5 Å². The van der Waals surface area contributed by atoms with Crippen LogP contribution in [0.1, 0.15) is 36.1 Å². The van der Waals surface area contributed by atoms with Crippen molar-refractivity contribution in [1.82, 2.24) is 0 Å². The average Bonchev–Trinajstić information content (AvgIpc) is 3.36. The van der Waals surface area contributed by atoms with Gasteiger partial charge in [0.1, 0.15) is 24.1 Å². The summed E-state index contributed by atoms with van der Waals surface area (Å²) < 4.78 is 48.1. The van der Waals surface area contributed by atoms with Crippen molar-refractivity contribution in [2.75, 3.05) is 30.5 Å². The molecular weight excluding hydrogens is 579 g/mol. The second-order valence-corrected chi connectivity index (χ2v) is 9.75. The van der Waals surface area contributed by atoms with Crippen LogP contribution in [0.15, 0.2) is 65.8 Å². The number of carboxylic acid groups (broad SMARTS) is 1. The van der Waals surface area contributed by atoms with Gasteiger partial charge in [-0.2, -0.15) is 0 Å². The fourth-order valence-corrected chi connectivity index (χ4v) is 4.51. The van der Waals surface area contributed by atoms with E-state index in [-0.39, 0.29) is 19.6 Å². The first-order valence-corrected chi connectivity index (χ1v) is 13.1.